The van der Waals surface area contributed by atoms with E-state index in [2.05, 4.69) is 104 Å². The van der Waals surface area contributed by atoms with Crippen LogP contribution in [0.25, 0.3) is 11.1 Å². The molecule has 0 heterocycles. The van der Waals surface area contributed by atoms with Gasteiger partial charge < -0.3 is 0 Å². The number of benzene rings is 2. The Kier molecular flexibility index (Phi) is 14.7. The van der Waals surface area contributed by atoms with Gasteiger partial charge in [-0.15, -0.1) is 0 Å². The van der Waals surface area contributed by atoms with E-state index in [0.717, 1.165) is 0 Å². The van der Waals surface area contributed by atoms with Crippen LogP contribution in [0, 0.1) is 0 Å². The average Bonchev–Trinajstić information content (AvgIpc) is 2.54. The first-order valence-corrected chi connectivity index (χ1v) is 31.5. The van der Waals surface area contributed by atoms with Crippen LogP contribution in [0.1, 0.15) is 0 Å². The Hall–Kier alpha value is 0.471. The van der Waals surface area contributed by atoms with Crippen molar-refractivity contribution in [3.63, 3.8) is 0 Å². The first-order chi connectivity index (χ1) is 12.0. The van der Waals surface area contributed by atoms with Gasteiger partial charge in [0.2, 0.25) is 0 Å². The quantitative estimate of drug-likeness (QED) is 0.381. The first kappa shape index (κ1) is 26.5. The number of hydrogen-bond donors (Lipinski definition) is 0. The van der Waals surface area contributed by atoms with Crippen LogP contribution in [0.5, 0.6) is 0 Å². The van der Waals surface area contributed by atoms with Crippen molar-refractivity contribution in [2.75, 3.05) is 0 Å². The van der Waals surface area contributed by atoms with Gasteiger partial charge in [-0.1, -0.05) is 85.1 Å². The van der Waals surface area contributed by atoms with Crippen molar-refractivity contribution in [1.82, 2.24) is 0 Å². The van der Waals surface area contributed by atoms with Crippen molar-refractivity contribution in [2.24, 2.45) is 0 Å². The van der Waals surface area contributed by atoms with Crippen LogP contribution in [0.2, 0.25) is 55.8 Å². The van der Waals surface area contributed by atoms with Crippen LogP contribution >= 0.6 is 0 Å². The number of hydrogen-bond acceptors (Lipinski definition) is 0. The van der Waals surface area contributed by atoms with E-state index in [9.17, 15) is 0 Å². The normalized spacial score (nSPS) is 10.5. The summed E-state index contributed by atoms with van der Waals surface area (Å²) in [6, 6.07) is 18.2. The molecule has 0 amide bonds. The molecular weight excluding hydrogens is 558 g/mol. The molecule has 0 unspecified atom stereocenters. The summed E-state index contributed by atoms with van der Waals surface area (Å²) in [5.74, 6) is 0. The Balaban J connectivity index is 0.000000662. The summed E-state index contributed by atoms with van der Waals surface area (Å²) >= 11 is -1.09. The molecule has 142 valence electrons. The summed E-state index contributed by atoms with van der Waals surface area (Å²) in [5, 5.41) is 3.01. The van der Waals surface area contributed by atoms with Crippen molar-refractivity contribution >= 4 is 67.5 Å². The van der Waals surface area contributed by atoms with Gasteiger partial charge in [-0.3, -0.25) is 0 Å². The molecule has 2 rings (SSSR count). The van der Waals surface area contributed by atoms with Crippen molar-refractivity contribution in [3.05, 3.63) is 48.5 Å². The Morgan fingerprint density at radius 1 is 0.462 bits per heavy atom. The fraction of sp³-hybridized carbons (Fsp3) is 0.455. The summed E-state index contributed by atoms with van der Waals surface area (Å²) < 4.78 is 0. The SMILES string of the molecule is C[Si](C)c1ccc(-c2ccc([Si](C)C)cc2)cc1.[CH3][Sn]([CH3])[CH3].[CH3][Sn]([CH3])[CH3]. The van der Waals surface area contributed by atoms with Gasteiger partial charge in [-0.25, -0.2) is 0 Å². The molecule has 26 heavy (non-hydrogen) atoms. The van der Waals surface area contributed by atoms with E-state index in [4.69, 9.17) is 0 Å². The number of rotatable bonds is 3. The van der Waals surface area contributed by atoms with Crippen molar-refractivity contribution < 1.29 is 0 Å². The van der Waals surface area contributed by atoms with Gasteiger partial charge in [-0.05, 0) is 11.1 Å². The van der Waals surface area contributed by atoms with E-state index in [-0.39, 0.29) is 17.6 Å². The molecule has 2 aromatic carbocycles. The Bertz CT molecular complexity index is 528. The fourth-order valence-corrected chi connectivity index (χ4v) is 3.66. The molecule has 0 saturated carbocycles. The third kappa shape index (κ3) is 12.8. The molecule has 0 fully saturated rings. The molecule has 0 atom stereocenters. The van der Waals surface area contributed by atoms with E-state index < -0.39 is 39.5 Å². The molecule has 0 spiro atoms. The van der Waals surface area contributed by atoms with Crippen LogP contribution in [0.3, 0.4) is 0 Å². The minimum atomic E-state index is -0.543. The van der Waals surface area contributed by atoms with Crippen molar-refractivity contribution in [1.29, 1.82) is 0 Å². The van der Waals surface area contributed by atoms with Gasteiger partial charge in [0.05, 0.1) is 17.6 Å². The summed E-state index contributed by atoms with van der Waals surface area (Å²) in [4.78, 5) is 14.2. The summed E-state index contributed by atoms with van der Waals surface area (Å²) in [6.07, 6.45) is 0. The maximum absolute atomic E-state index is 2.36. The zero-order valence-electron chi connectivity index (χ0n) is 18.6. The van der Waals surface area contributed by atoms with Crippen LogP contribution in [-0.4, -0.2) is 57.1 Å². The van der Waals surface area contributed by atoms with Gasteiger partial charge in [0.1, 0.15) is 0 Å². The monoisotopic (exact) mass is 598 g/mol. The predicted octanol–water partition coefficient (Wildman–Crippen LogP) is 6.02. The van der Waals surface area contributed by atoms with E-state index in [1.165, 1.54) is 21.5 Å². The van der Waals surface area contributed by atoms with E-state index >= 15 is 0 Å². The minimum absolute atomic E-state index is 0.324. The molecule has 0 aromatic heterocycles. The zero-order valence-corrected chi connectivity index (χ0v) is 26.3. The predicted molar refractivity (Wildman–Crippen MR) is 133 cm³/mol. The van der Waals surface area contributed by atoms with Crippen LogP contribution in [0.4, 0.5) is 0 Å². The summed E-state index contributed by atoms with van der Waals surface area (Å²) in [6.45, 7) is 9.34. The molecule has 0 nitrogen and oxygen atoms in total. The van der Waals surface area contributed by atoms with Gasteiger partial charge in [0, 0.05) is 0 Å². The molecule has 0 saturated heterocycles. The maximum atomic E-state index is 2.36. The molecule has 2 aromatic rings. The molecular formula is C22H38Si2Sn2. The van der Waals surface area contributed by atoms with E-state index in [1.54, 1.807) is 0 Å². The standard InChI is InChI=1S/C16H20Si2.6CH3.2Sn/c1-17(2)15-9-5-13(6-10-15)14-7-11-16(12-8-14)18(3)4;;;;;;;;/h5-12H,1-4H3;6*1H3;;. The van der Waals surface area contributed by atoms with Crippen LogP contribution in [-0.2, 0) is 0 Å². The molecule has 0 aliphatic heterocycles. The molecule has 0 N–H and O–H groups in total. The summed E-state index contributed by atoms with van der Waals surface area (Å²) in [7, 11) is -0.647. The van der Waals surface area contributed by atoms with Gasteiger partial charge in [-0.2, -0.15) is 0 Å². The second kappa shape index (κ2) is 14.5. The van der Waals surface area contributed by atoms with Crippen LogP contribution < -0.4 is 10.4 Å². The average molecular weight is 596 g/mol. The van der Waals surface area contributed by atoms with Gasteiger partial charge >= 0.3 is 69.2 Å². The topological polar surface area (TPSA) is 0 Å². The molecule has 0 aliphatic carbocycles. The van der Waals surface area contributed by atoms with Gasteiger partial charge in [0.15, 0.2) is 0 Å². The Morgan fingerprint density at radius 2 is 0.654 bits per heavy atom. The second-order valence-corrected chi connectivity index (χ2v) is 30.4. The summed E-state index contributed by atoms with van der Waals surface area (Å²) in [5.41, 5.74) is 2.66. The van der Waals surface area contributed by atoms with Crippen LogP contribution in [0.15, 0.2) is 48.5 Å². The van der Waals surface area contributed by atoms with Crippen molar-refractivity contribution in [2.45, 2.75) is 55.8 Å². The van der Waals surface area contributed by atoms with Crippen molar-refractivity contribution in [3.8, 4) is 11.1 Å². The zero-order chi connectivity index (χ0) is 20.3. The molecule has 0 bridgehead atoms. The third-order valence-corrected chi connectivity index (χ3v) is 6.23. The first-order valence-electron chi connectivity index (χ1n) is 9.39. The fourth-order valence-electron chi connectivity index (χ4n) is 1.99. The Morgan fingerprint density at radius 3 is 0.808 bits per heavy atom. The van der Waals surface area contributed by atoms with E-state index in [0.29, 0.717) is 0 Å². The van der Waals surface area contributed by atoms with Gasteiger partial charge in [0.25, 0.3) is 0 Å². The van der Waals surface area contributed by atoms with E-state index in [1.807, 2.05) is 0 Å². The molecule has 0 aliphatic rings. The molecule has 4 heteroatoms. The molecule has 4 radical (unpaired) electrons. The second-order valence-electron chi connectivity index (χ2n) is 8.15. The Labute approximate surface area is 181 Å². The third-order valence-electron chi connectivity index (χ3n) is 3.26.